The van der Waals surface area contributed by atoms with E-state index in [0.29, 0.717) is 31.2 Å². The van der Waals surface area contributed by atoms with Gasteiger partial charge in [0.1, 0.15) is 11.8 Å². The number of nitrogens with zero attached hydrogens (tertiary/aromatic N) is 3. The lowest BCUT2D eigenvalue weighted by Crippen LogP contribution is -2.33. The van der Waals surface area contributed by atoms with Crippen LogP contribution in [0, 0.1) is 6.92 Å². The molecule has 3 atom stereocenters. The summed E-state index contributed by atoms with van der Waals surface area (Å²) < 4.78 is 16.5. The van der Waals surface area contributed by atoms with E-state index in [0.717, 1.165) is 25.0 Å². The number of likely N-dealkylation sites (tertiary alicyclic amines) is 1. The molecule has 7 heteroatoms. The minimum Gasteiger partial charge on any atom is -0.497 e. The molecule has 4 rings (SSSR count). The predicted molar refractivity (Wildman–Crippen MR) is 102 cm³/mol. The first-order valence-corrected chi connectivity index (χ1v) is 9.88. The van der Waals surface area contributed by atoms with Crippen LogP contribution in [-0.4, -0.2) is 47.9 Å². The van der Waals surface area contributed by atoms with Crippen LogP contribution in [0.4, 0.5) is 0 Å². The number of amides is 1. The molecule has 28 heavy (non-hydrogen) atoms. The zero-order valence-electron chi connectivity index (χ0n) is 16.7. The summed E-state index contributed by atoms with van der Waals surface area (Å²) in [6.45, 7) is 2.32. The van der Waals surface area contributed by atoms with Crippen LogP contribution in [0.15, 0.2) is 22.6 Å². The summed E-state index contributed by atoms with van der Waals surface area (Å²) >= 11 is 0. The molecule has 7 nitrogen and oxygen atoms in total. The first-order chi connectivity index (χ1) is 13.6. The Morgan fingerprint density at radius 3 is 2.89 bits per heavy atom. The third kappa shape index (κ3) is 3.63. The lowest BCUT2D eigenvalue weighted by atomic mass is 9.80. The molecule has 1 unspecified atom stereocenters. The second kappa shape index (κ2) is 7.91. The molecule has 2 aliphatic rings. The van der Waals surface area contributed by atoms with Crippen molar-refractivity contribution in [2.75, 3.05) is 20.8 Å². The Labute approximate surface area is 165 Å². The van der Waals surface area contributed by atoms with Crippen LogP contribution in [0.3, 0.4) is 0 Å². The van der Waals surface area contributed by atoms with E-state index in [1.165, 1.54) is 11.1 Å². The van der Waals surface area contributed by atoms with Gasteiger partial charge in [0.05, 0.1) is 13.2 Å². The number of fused-ring (bicyclic) bond motifs is 1. The average molecular weight is 385 g/mol. The monoisotopic (exact) mass is 385 g/mol. The van der Waals surface area contributed by atoms with E-state index in [4.69, 9.17) is 13.9 Å². The van der Waals surface area contributed by atoms with Crippen molar-refractivity contribution in [3.05, 3.63) is 41.1 Å². The number of hydrogen-bond donors (Lipinski definition) is 0. The largest absolute Gasteiger partial charge is 0.497 e. The fourth-order valence-electron chi connectivity index (χ4n) is 4.48. The Kier molecular flexibility index (Phi) is 5.35. The maximum absolute atomic E-state index is 13.3. The van der Waals surface area contributed by atoms with Crippen LogP contribution < -0.4 is 4.74 Å². The summed E-state index contributed by atoms with van der Waals surface area (Å²) in [5.74, 6) is 2.24. The molecule has 150 valence electrons. The first-order valence-electron chi connectivity index (χ1n) is 9.88. The molecule has 1 aliphatic heterocycles. The van der Waals surface area contributed by atoms with Crippen molar-refractivity contribution in [1.29, 1.82) is 0 Å². The standard InChI is InChI=1S/C21H27N3O4/c1-13-22-23-21(28-13)19-11-17(27-3)12-24(19)20(25)10-15-6-4-5-14-9-16(26-2)7-8-18(14)15/h7-9,15,17,19H,4-6,10-12H2,1-3H3/t15?,17-,19-/m1/s1. The lowest BCUT2D eigenvalue weighted by molar-refractivity contribution is -0.133. The molecule has 0 bridgehead atoms. The maximum atomic E-state index is 13.3. The fraction of sp³-hybridized carbons (Fsp3) is 0.571. The zero-order chi connectivity index (χ0) is 19.7. The average Bonchev–Trinajstić information content (AvgIpc) is 3.33. The highest BCUT2D eigenvalue weighted by Crippen LogP contribution is 2.39. The summed E-state index contributed by atoms with van der Waals surface area (Å²) in [6, 6.07) is 6.00. The molecule has 1 aliphatic carbocycles. The second-order valence-electron chi connectivity index (χ2n) is 7.67. The van der Waals surface area contributed by atoms with Gasteiger partial charge in [0.25, 0.3) is 0 Å². The molecule has 1 fully saturated rings. The van der Waals surface area contributed by atoms with E-state index in [1.54, 1.807) is 21.1 Å². The number of carbonyl (C=O) groups is 1. The van der Waals surface area contributed by atoms with Crippen LogP contribution in [0.5, 0.6) is 5.75 Å². The van der Waals surface area contributed by atoms with Crippen LogP contribution >= 0.6 is 0 Å². The zero-order valence-corrected chi connectivity index (χ0v) is 16.7. The second-order valence-corrected chi connectivity index (χ2v) is 7.67. The third-order valence-corrected chi connectivity index (χ3v) is 5.95. The number of carbonyl (C=O) groups excluding carboxylic acids is 1. The minimum atomic E-state index is -0.211. The van der Waals surface area contributed by atoms with Gasteiger partial charge in [-0.1, -0.05) is 6.07 Å². The lowest BCUT2D eigenvalue weighted by Gasteiger charge is -2.28. The van der Waals surface area contributed by atoms with E-state index in [1.807, 2.05) is 11.0 Å². The highest BCUT2D eigenvalue weighted by Gasteiger charge is 2.40. The summed E-state index contributed by atoms with van der Waals surface area (Å²) in [6.07, 6.45) is 4.31. The number of rotatable bonds is 5. The molecule has 1 aromatic heterocycles. The number of methoxy groups -OCH3 is 2. The Hall–Kier alpha value is -2.41. The van der Waals surface area contributed by atoms with Crippen LogP contribution in [0.2, 0.25) is 0 Å². The van der Waals surface area contributed by atoms with Gasteiger partial charge in [0.2, 0.25) is 17.7 Å². The van der Waals surface area contributed by atoms with Crippen molar-refractivity contribution >= 4 is 5.91 Å². The number of aryl methyl sites for hydroxylation is 2. The van der Waals surface area contributed by atoms with E-state index < -0.39 is 0 Å². The molecular formula is C21H27N3O4. The van der Waals surface area contributed by atoms with Crippen molar-refractivity contribution < 1.29 is 18.7 Å². The molecule has 2 aromatic rings. The fourth-order valence-corrected chi connectivity index (χ4v) is 4.48. The van der Waals surface area contributed by atoms with Crippen LogP contribution in [0.1, 0.15) is 60.6 Å². The summed E-state index contributed by atoms with van der Waals surface area (Å²) in [5, 5.41) is 8.08. The number of benzene rings is 1. The molecule has 0 N–H and O–H groups in total. The Morgan fingerprint density at radius 1 is 1.32 bits per heavy atom. The summed E-state index contributed by atoms with van der Waals surface area (Å²) in [4.78, 5) is 15.1. The number of aromatic nitrogens is 2. The van der Waals surface area contributed by atoms with Gasteiger partial charge >= 0.3 is 0 Å². The van der Waals surface area contributed by atoms with Crippen molar-refractivity contribution in [2.24, 2.45) is 0 Å². The van der Waals surface area contributed by atoms with Crippen LogP contribution in [-0.2, 0) is 16.0 Å². The highest BCUT2D eigenvalue weighted by atomic mass is 16.5. The van der Waals surface area contributed by atoms with E-state index in [-0.39, 0.29) is 24.0 Å². The Balaban J connectivity index is 1.53. The highest BCUT2D eigenvalue weighted by molar-refractivity contribution is 5.78. The first kappa shape index (κ1) is 18.9. The molecule has 1 saturated heterocycles. The SMILES string of the molecule is COc1ccc2c(c1)CCCC2CC(=O)N1C[C@H](OC)C[C@@H]1c1nnc(C)o1. The maximum Gasteiger partial charge on any atom is 0.239 e. The third-order valence-electron chi connectivity index (χ3n) is 5.95. The van der Waals surface area contributed by atoms with Gasteiger partial charge in [-0.15, -0.1) is 10.2 Å². The Bertz CT molecular complexity index is 850. The van der Waals surface area contributed by atoms with Crippen molar-refractivity contribution in [3.8, 4) is 5.75 Å². The van der Waals surface area contributed by atoms with Gasteiger partial charge in [-0.2, -0.15) is 0 Å². The normalized spacial score (nSPS) is 24.2. The molecule has 1 amide bonds. The van der Waals surface area contributed by atoms with Gasteiger partial charge in [-0.25, -0.2) is 0 Å². The summed E-state index contributed by atoms with van der Waals surface area (Å²) in [5.41, 5.74) is 2.57. The number of ether oxygens (including phenoxy) is 2. The van der Waals surface area contributed by atoms with Gasteiger partial charge in [-0.3, -0.25) is 4.79 Å². The summed E-state index contributed by atoms with van der Waals surface area (Å²) in [7, 11) is 3.37. The van der Waals surface area contributed by atoms with Crippen molar-refractivity contribution in [3.63, 3.8) is 0 Å². The van der Waals surface area contributed by atoms with Crippen LogP contribution in [0.25, 0.3) is 0 Å². The minimum absolute atomic E-state index is 0.0101. The topological polar surface area (TPSA) is 77.7 Å². The smallest absolute Gasteiger partial charge is 0.239 e. The molecule has 0 spiro atoms. The van der Waals surface area contributed by atoms with Crippen molar-refractivity contribution in [2.45, 2.75) is 57.1 Å². The van der Waals surface area contributed by atoms with Gasteiger partial charge in [-0.05, 0) is 48.4 Å². The molecule has 1 aromatic carbocycles. The van der Waals surface area contributed by atoms with E-state index >= 15 is 0 Å². The molecule has 0 saturated carbocycles. The van der Waals surface area contributed by atoms with Gasteiger partial charge in [0, 0.05) is 33.4 Å². The Morgan fingerprint density at radius 2 is 2.18 bits per heavy atom. The predicted octanol–water partition coefficient (Wildman–Crippen LogP) is 3.19. The quantitative estimate of drug-likeness (QED) is 0.787. The van der Waals surface area contributed by atoms with E-state index in [9.17, 15) is 4.79 Å². The van der Waals surface area contributed by atoms with Crippen molar-refractivity contribution in [1.82, 2.24) is 15.1 Å². The van der Waals surface area contributed by atoms with Gasteiger partial charge in [0.15, 0.2) is 0 Å². The van der Waals surface area contributed by atoms with Gasteiger partial charge < -0.3 is 18.8 Å². The molecule has 2 heterocycles. The molecular weight excluding hydrogens is 358 g/mol. The number of hydrogen-bond acceptors (Lipinski definition) is 6. The molecule has 0 radical (unpaired) electrons. The van der Waals surface area contributed by atoms with E-state index in [2.05, 4.69) is 22.3 Å².